The molecular weight excluding hydrogens is 374 g/mol. The predicted molar refractivity (Wildman–Crippen MR) is 118 cm³/mol. The highest BCUT2D eigenvalue weighted by atomic mass is 16.2. The Morgan fingerprint density at radius 3 is 2.33 bits per heavy atom. The largest absolute Gasteiger partial charge is 0.340 e. The second-order valence-electron chi connectivity index (χ2n) is 8.32. The van der Waals surface area contributed by atoms with Gasteiger partial charge >= 0.3 is 0 Å². The van der Waals surface area contributed by atoms with Gasteiger partial charge in [-0.1, -0.05) is 42.5 Å². The van der Waals surface area contributed by atoms with Crippen molar-refractivity contribution in [2.24, 2.45) is 7.05 Å². The van der Waals surface area contributed by atoms with E-state index in [9.17, 15) is 9.59 Å². The molecular formula is C25H25N3O2. The number of fused-ring (bicyclic) bond motifs is 2. The number of benzene rings is 2. The van der Waals surface area contributed by atoms with Crippen molar-refractivity contribution in [2.45, 2.75) is 18.3 Å². The molecule has 0 aliphatic carbocycles. The van der Waals surface area contributed by atoms with Gasteiger partial charge in [-0.05, 0) is 42.7 Å². The summed E-state index contributed by atoms with van der Waals surface area (Å²) in [5.74, 6) is -0.0590. The molecule has 5 heteroatoms. The highest BCUT2D eigenvalue weighted by molar-refractivity contribution is 5.92. The lowest BCUT2D eigenvalue weighted by molar-refractivity contribution is 0.0664. The second-order valence-corrected chi connectivity index (χ2v) is 8.32. The highest BCUT2D eigenvalue weighted by Gasteiger charge is 2.45. The van der Waals surface area contributed by atoms with E-state index < -0.39 is 0 Å². The SMILES string of the molecule is Cn1c(C(=O)N2CCC3(CC2)CN(c2ccccc2)c2ccccc23)cccc1=O. The molecule has 0 unspecified atom stereocenters. The lowest BCUT2D eigenvalue weighted by Crippen LogP contribution is -2.47. The summed E-state index contributed by atoms with van der Waals surface area (Å²) in [5.41, 5.74) is 4.21. The number of piperidine rings is 1. The monoisotopic (exact) mass is 399 g/mol. The first-order chi connectivity index (χ1) is 14.6. The Morgan fingerprint density at radius 2 is 1.57 bits per heavy atom. The minimum absolute atomic E-state index is 0.0474. The van der Waals surface area contributed by atoms with E-state index in [2.05, 4.69) is 53.4 Å². The average Bonchev–Trinajstić information content (AvgIpc) is 3.11. The normalized spacial score (nSPS) is 17.2. The summed E-state index contributed by atoms with van der Waals surface area (Å²) in [4.78, 5) is 29.3. The first kappa shape index (κ1) is 18.7. The first-order valence-electron chi connectivity index (χ1n) is 10.5. The summed E-state index contributed by atoms with van der Waals surface area (Å²) in [6.45, 7) is 2.32. The maximum atomic E-state index is 13.1. The molecule has 30 heavy (non-hydrogen) atoms. The van der Waals surface area contributed by atoms with Crippen LogP contribution in [0.25, 0.3) is 0 Å². The number of rotatable bonds is 2. The van der Waals surface area contributed by atoms with Crippen molar-refractivity contribution in [3.05, 3.63) is 94.4 Å². The quantitative estimate of drug-likeness (QED) is 0.660. The summed E-state index contributed by atoms with van der Waals surface area (Å²) in [7, 11) is 1.66. The molecule has 1 fully saturated rings. The number of likely N-dealkylation sites (tertiary alicyclic amines) is 1. The molecule has 5 nitrogen and oxygen atoms in total. The van der Waals surface area contributed by atoms with Gasteiger partial charge in [0.2, 0.25) is 0 Å². The third-order valence-electron chi connectivity index (χ3n) is 6.71. The van der Waals surface area contributed by atoms with E-state index in [1.54, 1.807) is 19.2 Å². The zero-order valence-electron chi connectivity index (χ0n) is 17.1. The van der Waals surface area contributed by atoms with Crippen LogP contribution in [0.3, 0.4) is 0 Å². The Labute approximate surface area is 176 Å². The summed E-state index contributed by atoms with van der Waals surface area (Å²) >= 11 is 0. The Hall–Kier alpha value is -3.34. The number of pyridine rings is 1. The molecule has 0 N–H and O–H groups in total. The van der Waals surface area contributed by atoms with Crippen molar-refractivity contribution < 1.29 is 4.79 Å². The van der Waals surface area contributed by atoms with Crippen LogP contribution < -0.4 is 10.5 Å². The van der Waals surface area contributed by atoms with E-state index in [0.717, 1.165) is 19.4 Å². The minimum Gasteiger partial charge on any atom is -0.340 e. The van der Waals surface area contributed by atoms with Gasteiger partial charge in [-0.3, -0.25) is 9.59 Å². The summed E-state index contributed by atoms with van der Waals surface area (Å²) in [6, 6.07) is 24.1. The molecule has 3 heterocycles. The van der Waals surface area contributed by atoms with Crippen LogP contribution in [0.15, 0.2) is 77.6 Å². The van der Waals surface area contributed by atoms with Gasteiger partial charge in [-0.25, -0.2) is 0 Å². The number of para-hydroxylation sites is 2. The van der Waals surface area contributed by atoms with Crippen LogP contribution in [-0.2, 0) is 12.5 Å². The fraction of sp³-hybridized carbons (Fsp3) is 0.280. The minimum atomic E-state index is -0.155. The molecule has 0 radical (unpaired) electrons. The number of nitrogens with zero attached hydrogens (tertiary/aromatic N) is 3. The third-order valence-corrected chi connectivity index (χ3v) is 6.71. The van der Waals surface area contributed by atoms with E-state index in [1.807, 2.05) is 11.0 Å². The molecule has 1 aromatic heterocycles. The predicted octanol–water partition coefficient (Wildman–Crippen LogP) is 3.71. The van der Waals surface area contributed by atoms with E-state index in [0.29, 0.717) is 18.8 Å². The van der Waals surface area contributed by atoms with Crippen LogP contribution in [0, 0.1) is 0 Å². The van der Waals surface area contributed by atoms with Crippen LogP contribution in [0.4, 0.5) is 11.4 Å². The van der Waals surface area contributed by atoms with Crippen molar-refractivity contribution in [2.75, 3.05) is 24.5 Å². The smallest absolute Gasteiger partial charge is 0.270 e. The maximum absolute atomic E-state index is 13.1. The van der Waals surface area contributed by atoms with Gasteiger partial charge in [0.15, 0.2) is 0 Å². The number of carbonyl (C=O) groups is 1. The molecule has 1 amide bonds. The van der Waals surface area contributed by atoms with Crippen molar-refractivity contribution in [1.82, 2.24) is 9.47 Å². The molecule has 0 saturated carbocycles. The number of hydrogen-bond donors (Lipinski definition) is 0. The Balaban J connectivity index is 1.41. The van der Waals surface area contributed by atoms with Crippen LogP contribution in [-0.4, -0.2) is 35.0 Å². The average molecular weight is 399 g/mol. The van der Waals surface area contributed by atoms with Crippen LogP contribution >= 0.6 is 0 Å². The highest BCUT2D eigenvalue weighted by Crippen LogP contribution is 2.49. The zero-order chi connectivity index (χ0) is 20.7. The Bertz CT molecular complexity index is 1140. The zero-order valence-corrected chi connectivity index (χ0v) is 17.1. The summed E-state index contributed by atoms with van der Waals surface area (Å²) < 4.78 is 1.44. The fourth-order valence-electron chi connectivity index (χ4n) is 4.97. The van der Waals surface area contributed by atoms with Gasteiger partial charge < -0.3 is 14.4 Å². The molecule has 5 rings (SSSR count). The lowest BCUT2D eigenvalue weighted by atomic mass is 9.74. The molecule has 2 aliphatic heterocycles. The van der Waals surface area contributed by atoms with E-state index in [-0.39, 0.29) is 16.9 Å². The third kappa shape index (κ3) is 2.93. The van der Waals surface area contributed by atoms with Gasteiger partial charge in [-0.15, -0.1) is 0 Å². The molecule has 0 bridgehead atoms. The summed E-state index contributed by atoms with van der Waals surface area (Å²) in [5, 5.41) is 0. The number of carbonyl (C=O) groups excluding carboxylic acids is 1. The number of hydrogen-bond acceptors (Lipinski definition) is 3. The van der Waals surface area contributed by atoms with Gasteiger partial charge in [0.25, 0.3) is 11.5 Å². The molecule has 2 aromatic carbocycles. The van der Waals surface area contributed by atoms with E-state index >= 15 is 0 Å². The van der Waals surface area contributed by atoms with Crippen LogP contribution in [0.5, 0.6) is 0 Å². The molecule has 3 aromatic rings. The van der Waals surface area contributed by atoms with Gasteiger partial charge in [0.05, 0.1) is 0 Å². The Kier molecular flexibility index (Phi) is 4.46. The number of amides is 1. The van der Waals surface area contributed by atoms with Crippen molar-refractivity contribution >= 4 is 17.3 Å². The van der Waals surface area contributed by atoms with Gasteiger partial charge in [-0.2, -0.15) is 0 Å². The van der Waals surface area contributed by atoms with Crippen LogP contribution in [0.1, 0.15) is 28.9 Å². The molecule has 2 aliphatic rings. The van der Waals surface area contributed by atoms with Crippen molar-refractivity contribution in [3.63, 3.8) is 0 Å². The van der Waals surface area contributed by atoms with E-state index in [4.69, 9.17) is 0 Å². The van der Waals surface area contributed by atoms with Crippen molar-refractivity contribution in [3.8, 4) is 0 Å². The van der Waals surface area contributed by atoms with Crippen LogP contribution in [0.2, 0.25) is 0 Å². The van der Waals surface area contributed by atoms with E-state index in [1.165, 1.54) is 27.6 Å². The number of aromatic nitrogens is 1. The van der Waals surface area contributed by atoms with Gasteiger partial charge in [0, 0.05) is 49.5 Å². The number of anilines is 2. The standard InChI is InChI=1S/C25H25N3O2/c1-26-22(12-7-13-23(26)29)24(30)27-16-14-25(15-17-27)18-28(19-8-3-2-4-9-19)21-11-6-5-10-20(21)25/h2-13H,14-18H2,1H3. The maximum Gasteiger partial charge on any atom is 0.270 e. The van der Waals surface area contributed by atoms with Gasteiger partial charge in [0.1, 0.15) is 5.69 Å². The molecule has 152 valence electrons. The Morgan fingerprint density at radius 1 is 0.867 bits per heavy atom. The summed E-state index contributed by atoms with van der Waals surface area (Å²) in [6.07, 6.45) is 1.83. The van der Waals surface area contributed by atoms with Crippen molar-refractivity contribution in [1.29, 1.82) is 0 Å². The first-order valence-corrected chi connectivity index (χ1v) is 10.5. The molecule has 1 saturated heterocycles. The topological polar surface area (TPSA) is 45.6 Å². The lowest BCUT2D eigenvalue weighted by Gasteiger charge is -2.40. The molecule has 1 spiro atoms. The second kappa shape index (κ2) is 7.17. The fourth-order valence-corrected chi connectivity index (χ4v) is 4.97. The molecule has 0 atom stereocenters.